The smallest absolute Gasteiger partial charge is 0.266 e. The summed E-state index contributed by atoms with van der Waals surface area (Å²) in [5, 5.41) is 7.65. The molecule has 0 saturated heterocycles. The van der Waals surface area contributed by atoms with Gasteiger partial charge >= 0.3 is 0 Å². The third-order valence-corrected chi connectivity index (χ3v) is 6.48. The minimum atomic E-state index is -4.40. The van der Waals surface area contributed by atoms with Crippen LogP contribution < -0.4 is 9.46 Å². The van der Waals surface area contributed by atoms with Crippen molar-refractivity contribution in [3.8, 4) is 5.75 Å². The monoisotopic (exact) mass is 447 g/mol. The van der Waals surface area contributed by atoms with Crippen LogP contribution in [0.15, 0.2) is 54.1 Å². The lowest BCUT2D eigenvalue weighted by Gasteiger charge is -2.32. The topological polar surface area (TPSA) is 107 Å². The SMILES string of the molecule is O=S(=O)(Nc1ccncn1)c1cc(F)c(O[C@H]2CCCC[C@@H]2c2ccnnc2)cc1F. The quantitative estimate of drug-likeness (QED) is 0.617. The zero-order chi connectivity index (χ0) is 21.8. The van der Waals surface area contributed by atoms with E-state index in [2.05, 4.69) is 24.9 Å². The number of nitrogens with one attached hydrogen (secondary N) is 1. The predicted octanol–water partition coefficient (Wildman–Crippen LogP) is 3.45. The van der Waals surface area contributed by atoms with Crippen molar-refractivity contribution in [1.29, 1.82) is 0 Å². The van der Waals surface area contributed by atoms with Crippen LogP contribution in [0.1, 0.15) is 37.2 Å². The maximum atomic E-state index is 14.8. The van der Waals surface area contributed by atoms with E-state index in [4.69, 9.17) is 4.74 Å². The minimum absolute atomic E-state index is 0.0467. The van der Waals surface area contributed by atoms with Gasteiger partial charge in [-0.2, -0.15) is 10.2 Å². The van der Waals surface area contributed by atoms with Gasteiger partial charge in [0, 0.05) is 30.4 Å². The molecule has 11 heteroatoms. The van der Waals surface area contributed by atoms with Gasteiger partial charge in [-0.05, 0) is 37.0 Å². The second kappa shape index (κ2) is 8.88. The van der Waals surface area contributed by atoms with Crippen molar-refractivity contribution in [3.63, 3.8) is 0 Å². The van der Waals surface area contributed by atoms with E-state index in [1.54, 1.807) is 12.4 Å². The van der Waals surface area contributed by atoms with Gasteiger partial charge in [0.15, 0.2) is 11.6 Å². The average molecular weight is 447 g/mol. The summed E-state index contributed by atoms with van der Waals surface area (Å²) in [7, 11) is -4.40. The van der Waals surface area contributed by atoms with Crippen LogP contribution in [0.4, 0.5) is 14.6 Å². The van der Waals surface area contributed by atoms with E-state index in [0.29, 0.717) is 12.5 Å². The molecule has 2 aromatic heterocycles. The maximum absolute atomic E-state index is 14.8. The summed E-state index contributed by atoms with van der Waals surface area (Å²) >= 11 is 0. The Morgan fingerprint density at radius 2 is 1.87 bits per heavy atom. The number of anilines is 1. The van der Waals surface area contributed by atoms with Gasteiger partial charge in [0.2, 0.25) is 0 Å². The molecule has 1 saturated carbocycles. The largest absolute Gasteiger partial charge is 0.487 e. The lowest BCUT2D eigenvalue weighted by Crippen LogP contribution is -2.29. The van der Waals surface area contributed by atoms with Gasteiger partial charge in [-0.25, -0.2) is 27.2 Å². The van der Waals surface area contributed by atoms with Crippen molar-refractivity contribution in [2.75, 3.05) is 4.72 Å². The van der Waals surface area contributed by atoms with Crippen LogP contribution in [-0.4, -0.2) is 34.7 Å². The molecule has 8 nitrogen and oxygen atoms in total. The number of nitrogens with zero attached hydrogens (tertiary/aromatic N) is 4. The lowest BCUT2D eigenvalue weighted by molar-refractivity contribution is 0.124. The molecule has 0 aliphatic heterocycles. The normalized spacial score (nSPS) is 19.0. The Balaban J connectivity index is 1.58. The van der Waals surface area contributed by atoms with E-state index >= 15 is 0 Å². The van der Waals surface area contributed by atoms with Crippen LogP contribution in [0.3, 0.4) is 0 Å². The van der Waals surface area contributed by atoms with Gasteiger partial charge in [0.05, 0.1) is 6.20 Å². The first-order valence-corrected chi connectivity index (χ1v) is 11.1. The summed E-state index contributed by atoms with van der Waals surface area (Å²) in [6.45, 7) is 0. The lowest BCUT2D eigenvalue weighted by atomic mass is 9.82. The molecular formula is C20H19F2N5O3S. The van der Waals surface area contributed by atoms with E-state index < -0.39 is 32.7 Å². The Hall–Kier alpha value is -3.21. The summed E-state index contributed by atoms with van der Waals surface area (Å²) in [6.07, 6.45) is 8.60. The van der Waals surface area contributed by atoms with Crippen LogP contribution in [-0.2, 0) is 10.0 Å². The maximum Gasteiger partial charge on any atom is 0.266 e. The van der Waals surface area contributed by atoms with Crippen LogP contribution in [0, 0.1) is 11.6 Å². The van der Waals surface area contributed by atoms with E-state index in [-0.39, 0.29) is 17.5 Å². The Kier molecular flexibility index (Phi) is 6.03. The van der Waals surface area contributed by atoms with E-state index in [9.17, 15) is 17.2 Å². The Morgan fingerprint density at radius 3 is 2.61 bits per heavy atom. The molecule has 3 aromatic rings. The number of hydrogen-bond acceptors (Lipinski definition) is 7. The molecule has 1 aliphatic rings. The van der Waals surface area contributed by atoms with Gasteiger partial charge in [0.1, 0.15) is 29.0 Å². The molecule has 0 bridgehead atoms. The number of benzene rings is 1. The highest BCUT2D eigenvalue weighted by Crippen LogP contribution is 2.36. The first-order chi connectivity index (χ1) is 14.9. The third kappa shape index (κ3) is 4.76. The van der Waals surface area contributed by atoms with Crippen LogP contribution in [0.5, 0.6) is 5.75 Å². The van der Waals surface area contributed by atoms with Gasteiger partial charge < -0.3 is 4.74 Å². The molecule has 0 amide bonds. The summed E-state index contributed by atoms with van der Waals surface area (Å²) in [6, 6.07) is 4.49. The highest BCUT2D eigenvalue weighted by Gasteiger charge is 2.30. The number of halogens is 2. The van der Waals surface area contributed by atoms with Crippen molar-refractivity contribution in [3.05, 3.63) is 66.4 Å². The molecule has 31 heavy (non-hydrogen) atoms. The first-order valence-electron chi connectivity index (χ1n) is 9.65. The summed E-state index contributed by atoms with van der Waals surface area (Å²) in [5.41, 5.74) is 0.911. The molecule has 1 N–H and O–H groups in total. The highest BCUT2D eigenvalue weighted by atomic mass is 32.2. The van der Waals surface area contributed by atoms with Gasteiger partial charge in [-0.3, -0.25) is 4.72 Å². The van der Waals surface area contributed by atoms with Crippen molar-refractivity contribution >= 4 is 15.8 Å². The molecule has 2 heterocycles. The molecule has 1 fully saturated rings. The van der Waals surface area contributed by atoms with E-state index in [1.807, 2.05) is 6.07 Å². The molecule has 0 spiro atoms. The first kappa shape index (κ1) is 21.0. The highest BCUT2D eigenvalue weighted by molar-refractivity contribution is 7.92. The molecule has 0 radical (unpaired) electrons. The number of sulfonamides is 1. The van der Waals surface area contributed by atoms with E-state index in [0.717, 1.165) is 37.2 Å². The zero-order valence-corrected chi connectivity index (χ0v) is 17.1. The van der Waals surface area contributed by atoms with Crippen molar-refractivity contribution in [2.45, 2.75) is 42.6 Å². The van der Waals surface area contributed by atoms with Crippen LogP contribution in [0.2, 0.25) is 0 Å². The second-order valence-corrected chi connectivity index (χ2v) is 8.79. The van der Waals surface area contributed by atoms with Gasteiger partial charge in [-0.15, -0.1) is 0 Å². The van der Waals surface area contributed by atoms with Crippen molar-refractivity contribution in [1.82, 2.24) is 20.2 Å². The summed E-state index contributed by atoms with van der Waals surface area (Å²) < 4.78 is 62.3. The molecule has 162 valence electrons. The minimum Gasteiger partial charge on any atom is -0.487 e. The number of aromatic nitrogens is 4. The molecule has 1 aliphatic carbocycles. The standard InChI is InChI=1S/C20H19F2N5O3S/c21-15-10-19(31(28,29)27-20-6-7-23-12-24-20)16(22)9-18(15)30-17-4-2-1-3-14(17)13-5-8-25-26-11-13/h5-12,14,17H,1-4H2,(H,23,24,27)/t14-,17+/m1/s1. The fourth-order valence-electron chi connectivity index (χ4n) is 3.65. The fourth-order valence-corrected chi connectivity index (χ4v) is 4.73. The van der Waals surface area contributed by atoms with Crippen molar-refractivity contribution in [2.24, 2.45) is 0 Å². The average Bonchev–Trinajstić information content (AvgIpc) is 2.77. The van der Waals surface area contributed by atoms with E-state index in [1.165, 1.54) is 12.3 Å². The molecular weight excluding hydrogens is 428 g/mol. The Labute approximate surface area is 177 Å². The molecule has 4 rings (SSSR count). The van der Waals surface area contributed by atoms with Crippen molar-refractivity contribution < 1.29 is 21.9 Å². The van der Waals surface area contributed by atoms with Crippen LogP contribution in [0.25, 0.3) is 0 Å². The summed E-state index contributed by atoms with van der Waals surface area (Å²) in [4.78, 5) is 6.55. The summed E-state index contributed by atoms with van der Waals surface area (Å²) in [5.74, 6) is -2.55. The Morgan fingerprint density at radius 1 is 1.03 bits per heavy atom. The molecule has 1 aromatic carbocycles. The number of ether oxygens (including phenoxy) is 1. The zero-order valence-electron chi connectivity index (χ0n) is 16.3. The second-order valence-electron chi connectivity index (χ2n) is 7.14. The third-order valence-electron chi connectivity index (χ3n) is 5.11. The fraction of sp³-hybridized carbons (Fsp3) is 0.300. The van der Waals surface area contributed by atoms with Gasteiger partial charge in [-0.1, -0.05) is 6.42 Å². The van der Waals surface area contributed by atoms with Crippen LogP contribution >= 0.6 is 0 Å². The van der Waals surface area contributed by atoms with Gasteiger partial charge in [0.25, 0.3) is 10.0 Å². The number of hydrogen-bond donors (Lipinski definition) is 1. The molecule has 0 unspecified atom stereocenters. The predicted molar refractivity (Wildman–Crippen MR) is 107 cm³/mol. The molecule has 2 atom stereocenters. The Bertz CT molecular complexity index is 1150. The number of rotatable bonds is 6.